The lowest BCUT2D eigenvalue weighted by Gasteiger charge is -2.05. The molecule has 2 rings (SSSR count). The van der Waals surface area contributed by atoms with Gasteiger partial charge in [0.25, 0.3) is 0 Å². The van der Waals surface area contributed by atoms with Crippen molar-refractivity contribution in [3.63, 3.8) is 0 Å². The molecule has 126 valence electrons. The first-order valence-electron chi connectivity index (χ1n) is 7.83. The van der Waals surface area contributed by atoms with Gasteiger partial charge in [0.2, 0.25) is 0 Å². The van der Waals surface area contributed by atoms with E-state index in [-0.39, 0.29) is 11.7 Å². The molecule has 2 aromatic rings. The molecule has 0 amide bonds. The first kappa shape index (κ1) is 17.5. The summed E-state index contributed by atoms with van der Waals surface area (Å²) in [6, 6.07) is 12.0. The molecule has 0 bridgehead atoms. The number of unbranched alkanes of at least 4 members (excludes halogenated alkanes) is 1. The number of rotatable bonds is 7. The highest BCUT2D eigenvalue weighted by Gasteiger charge is 2.07. The average molecular weight is 327 g/mol. The van der Waals surface area contributed by atoms with E-state index in [1.165, 1.54) is 7.11 Å². The number of benzene rings is 2. The van der Waals surface area contributed by atoms with Gasteiger partial charge in [-0.25, -0.2) is 4.79 Å². The lowest BCUT2D eigenvalue weighted by molar-refractivity contribution is 0.0500. The molecule has 5 nitrogen and oxygen atoms in total. The van der Waals surface area contributed by atoms with Crippen molar-refractivity contribution in [3.8, 4) is 11.5 Å². The predicted octanol–water partition coefficient (Wildman–Crippen LogP) is 4.11. The van der Waals surface area contributed by atoms with E-state index in [1.54, 1.807) is 48.7 Å². The first-order valence-corrected chi connectivity index (χ1v) is 7.83. The zero-order chi connectivity index (χ0) is 17.4. The molecule has 0 aliphatic rings. The van der Waals surface area contributed by atoms with Gasteiger partial charge in [0.05, 0.1) is 25.0 Å². The van der Waals surface area contributed by atoms with E-state index in [1.807, 2.05) is 6.92 Å². The van der Waals surface area contributed by atoms with Crippen LogP contribution in [0.25, 0.3) is 0 Å². The van der Waals surface area contributed by atoms with Crippen LogP contribution in [0.2, 0.25) is 0 Å². The van der Waals surface area contributed by atoms with Gasteiger partial charge in [0.1, 0.15) is 0 Å². The Morgan fingerprint density at radius 1 is 1.21 bits per heavy atom. The number of methoxy groups -OCH3 is 1. The average Bonchev–Trinajstić information content (AvgIpc) is 2.61. The number of esters is 1. The molecule has 2 aromatic carbocycles. The van der Waals surface area contributed by atoms with Crippen LogP contribution in [0.5, 0.6) is 11.5 Å². The number of carbonyl (C=O) groups is 1. The normalized spacial score (nSPS) is 10.8. The maximum atomic E-state index is 11.8. The van der Waals surface area contributed by atoms with E-state index in [9.17, 15) is 9.90 Å². The fraction of sp³-hybridized carbons (Fsp3) is 0.263. The first-order chi connectivity index (χ1) is 11.7. The molecule has 0 saturated carbocycles. The molecule has 0 fully saturated rings. The maximum Gasteiger partial charge on any atom is 0.338 e. The van der Waals surface area contributed by atoms with Gasteiger partial charge in [-0.1, -0.05) is 19.4 Å². The number of aromatic hydroxyl groups is 1. The number of phenolic OH excluding ortho intramolecular Hbond substituents is 1. The van der Waals surface area contributed by atoms with E-state index in [0.29, 0.717) is 29.2 Å². The van der Waals surface area contributed by atoms with E-state index in [4.69, 9.17) is 9.47 Å². The van der Waals surface area contributed by atoms with E-state index < -0.39 is 0 Å². The Labute approximate surface area is 141 Å². The minimum absolute atomic E-state index is 0.0415. The van der Waals surface area contributed by atoms with Crippen LogP contribution < -0.4 is 4.74 Å². The highest BCUT2D eigenvalue weighted by atomic mass is 16.5. The Morgan fingerprint density at radius 2 is 1.96 bits per heavy atom. The summed E-state index contributed by atoms with van der Waals surface area (Å²) in [7, 11) is 1.49. The van der Waals surface area contributed by atoms with Gasteiger partial charge in [-0.05, 0) is 42.8 Å². The van der Waals surface area contributed by atoms with Gasteiger partial charge in [0.15, 0.2) is 11.5 Å². The Balaban J connectivity index is 2.05. The summed E-state index contributed by atoms with van der Waals surface area (Å²) in [5, 5.41) is 10.0. The van der Waals surface area contributed by atoms with Crippen LogP contribution in [-0.4, -0.2) is 31.0 Å². The molecule has 0 heterocycles. The van der Waals surface area contributed by atoms with E-state index in [2.05, 4.69) is 4.99 Å². The van der Waals surface area contributed by atoms with Crippen LogP contribution in [0.4, 0.5) is 5.69 Å². The molecule has 0 aromatic heterocycles. The second-order valence-electron chi connectivity index (χ2n) is 5.19. The van der Waals surface area contributed by atoms with Crippen LogP contribution in [-0.2, 0) is 4.74 Å². The van der Waals surface area contributed by atoms with Crippen LogP contribution in [0.15, 0.2) is 47.5 Å². The van der Waals surface area contributed by atoms with E-state index in [0.717, 1.165) is 12.8 Å². The van der Waals surface area contributed by atoms with Crippen LogP contribution in [0, 0.1) is 0 Å². The Kier molecular flexibility index (Phi) is 6.37. The Morgan fingerprint density at radius 3 is 2.62 bits per heavy atom. The summed E-state index contributed by atoms with van der Waals surface area (Å²) in [6.45, 7) is 2.48. The quantitative estimate of drug-likeness (QED) is 0.472. The zero-order valence-electron chi connectivity index (χ0n) is 13.9. The third kappa shape index (κ3) is 4.59. The smallest absolute Gasteiger partial charge is 0.338 e. The summed E-state index contributed by atoms with van der Waals surface area (Å²) in [4.78, 5) is 16.1. The number of ether oxygens (including phenoxy) is 2. The zero-order valence-corrected chi connectivity index (χ0v) is 13.9. The Hall–Kier alpha value is -2.82. The fourth-order valence-corrected chi connectivity index (χ4v) is 2.03. The molecule has 0 saturated heterocycles. The van der Waals surface area contributed by atoms with Crippen LogP contribution in [0.3, 0.4) is 0 Å². The summed E-state index contributed by atoms with van der Waals surface area (Å²) in [5.74, 6) is 0.105. The Bertz CT molecular complexity index is 708. The van der Waals surface area contributed by atoms with Gasteiger partial charge in [-0.15, -0.1) is 0 Å². The molecule has 0 atom stereocenters. The van der Waals surface area contributed by atoms with Crippen LogP contribution >= 0.6 is 0 Å². The number of hydrogen-bond donors (Lipinski definition) is 1. The second-order valence-corrected chi connectivity index (χ2v) is 5.19. The number of para-hydroxylation sites is 1. The summed E-state index contributed by atoms with van der Waals surface area (Å²) < 4.78 is 10.2. The topological polar surface area (TPSA) is 68.1 Å². The van der Waals surface area contributed by atoms with Crippen molar-refractivity contribution in [3.05, 3.63) is 53.6 Å². The van der Waals surface area contributed by atoms with Crippen molar-refractivity contribution >= 4 is 17.9 Å². The second kappa shape index (κ2) is 8.72. The highest BCUT2D eigenvalue weighted by Crippen LogP contribution is 2.28. The monoisotopic (exact) mass is 327 g/mol. The molecular formula is C19H21NO4. The van der Waals surface area contributed by atoms with E-state index >= 15 is 0 Å². The number of hydrogen-bond acceptors (Lipinski definition) is 5. The maximum absolute atomic E-state index is 11.8. The van der Waals surface area contributed by atoms with Gasteiger partial charge < -0.3 is 14.6 Å². The SMILES string of the molecule is CCCCOC(=O)c1ccc(N=Cc2cccc(OC)c2O)cc1. The molecule has 0 radical (unpaired) electrons. The number of aliphatic imine (C=N–C) groups is 1. The number of nitrogens with zero attached hydrogens (tertiary/aromatic N) is 1. The van der Waals surface area contributed by atoms with Gasteiger partial charge in [0, 0.05) is 11.8 Å². The number of carbonyl (C=O) groups excluding carboxylic acids is 1. The molecular weight excluding hydrogens is 306 g/mol. The van der Waals surface area contributed by atoms with Crippen LogP contribution in [0.1, 0.15) is 35.7 Å². The minimum atomic E-state index is -0.329. The highest BCUT2D eigenvalue weighted by molar-refractivity contribution is 5.90. The molecule has 24 heavy (non-hydrogen) atoms. The lowest BCUT2D eigenvalue weighted by Crippen LogP contribution is -2.05. The molecule has 5 heteroatoms. The lowest BCUT2D eigenvalue weighted by atomic mass is 10.2. The van der Waals surface area contributed by atoms with Crippen molar-refractivity contribution in [1.82, 2.24) is 0 Å². The predicted molar refractivity (Wildman–Crippen MR) is 93.5 cm³/mol. The number of phenols is 1. The summed E-state index contributed by atoms with van der Waals surface area (Å²) in [6.07, 6.45) is 3.39. The third-order valence-corrected chi connectivity index (χ3v) is 3.44. The summed E-state index contributed by atoms with van der Waals surface area (Å²) in [5.41, 5.74) is 1.72. The van der Waals surface area contributed by atoms with Gasteiger partial charge in [-0.2, -0.15) is 0 Å². The minimum Gasteiger partial charge on any atom is -0.504 e. The van der Waals surface area contributed by atoms with Crippen molar-refractivity contribution in [2.45, 2.75) is 19.8 Å². The van der Waals surface area contributed by atoms with Gasteiger partial charge in [-0.3, -0.25) is 4.99 Å². The van der Waals surface area contributed by atoms with Gasteiger partial charge >= 0.3 is 5.97 Å². The molecule has 0 aliphatic carbocycles. The molecule has 0 unspecified atom stereocenters. The summed E-state index contributed by atoms with van der Waals surface area (Å²) >= 11 is 0. The molecule has 0 aliphatic heterocycles. The fourth-order valence-electron chi connectivity index (χ4n) is 2.03. The largest absolute Gasteiger partial charge is 0.504 e. The molecule has 0 spiro atoms. The molecule has 1 N–H and O–H groups in total. The van der Waals surface area contributed by atoms with Crippen molar-refractivity contribution < 1.29 is 19.4 Å². The van der Waals surface area contributed by atoms with Crippen molar-refractivity contribution in [2.24, 2.45) is 4.99 Å². The van der Waals surface area contributed by atoms with Crippen molar-refractivity contribution in [2.75, 3.05) is 13.7 Å². The van der Waals surface area contributed by atoms with Crippen molar-refractivity contribution in [1.29, 1.82) is 0 Å². The standard InChI is InChI=1S/C19H21NO4/c1-3-4-12-24-19(22)14-8-10-16(11-9-14)20-13-15-6-5-7-17(23-2)18(15)21/h5-11,13,21H,3-4,12H2,1-2H3. The third-order valence-electron chi connectivity index (χ3n) is 3.44.